The molecule has 1 aliphatic rings. The van der Waals surface area contributed by atoms with Crippen LogP contribution in [0.25, 0.3) is 0 Å². The van der Waals surface area contributed by atoms with Crippen LogP contribution >= 0.6 is 11.6 Å². The molecule has 2 aromatic rings. The predicted molar refractivity (Wildman–Crippen MR) is 112 cm³/mol. The van der Waals surface area contributed by atoms with Gasteiger partial charge in [-0.2, -0.15) is 0 Å². The van der Waals surface area contributed by atoms with Gasteiger partial charge >= 0.3 is 0 Å². The summed E-state index contributed by atoms with van der Waals surface area (Å²) in [7, 11) is 3.24. The van der Waals surface area contributed by atoms with Gasteiger partial charge in [-0.05, 0) is 35.4 Å². The van der Waals surface area contributed by atoms with E-state index in [9.17, 15) is 19.8 Å². The molecule has 30 heavy (non-hydrogen) atoms. The maximum absolute atomic E-state index is 13.1. The monoisotopic (exact) mass is 432 g/mol. The number of halogens is 1. The minimum atomic E-state index is -1.58. The van der Waals surface area contributed by atoms with Crippen molar-refractivity contribution in [1.29, 1.82) is 0 Å². The van der Waals surface area contributed by atoms with Crippen LogP contribution in [0.15, 0.2) is 48.5 Å². The van der Waals surface area contributed by atoms with Gasteiger partial charge in [-0.1, -0.05) is 35.9 Å². The van der Waals surface area contributed by atoms with Crippen LogP contribution in [-0.4, -0.2) is 58.3 Å². The molecule has 0 bridgehead atoms. The molecule has 0 radical (unpaired) electrons. The SMILES string of the molecule is COc1ccc(CC2C(=O)N(C)C(c3ccc(Cl)cc3)N2C(=O)CCC(O)O)cc1. The number of aliphatic hydroxyl groups is 2. The number of ether oxygens (including phenoxy) is 1. The van der Waals surface area contributed by atoms with Crippen LogP contribution in [0.1, 0.15) is 30.1 Å². The summed E-state index contributed by atoms with van der Waals surface area (Å²) in [6, 6.07) is 13.6. The smallest absolute Gasteiger partial charge is 0.247 e. The number of likely N-dealkylation sites (N-methyl/N-ethyl adjacent to an activating group) is 1. The highest BCUT2D eigenvalue weighted by molar-refractivity contribution is 6.30. The van der Waals surface area contributed by atoms with Crippen molar-refractivity contribution in [1.82, 2.24) is 9.80 Å². The highest BCUT2D eigenvalue weighted by Crippen LogP contribution is 2.36. The molecule has 1 aliphatic heterocycles. The minimum Gasteiger partial charge on any atom is -0.497 e. The van der Waals surface area contributed by atoms with E-state index in [1.807, 2.05) is 24.3 Å². The van der Waals surface area contributed by atoms with E-state index in [1.165, 1.54) is 4.90 Å². The molecular formula is C22H25ClN2O5. The molecule has 0 aliphatic carbocycles. The number of aliphatic hydroxyl groups excluding tert-OH is 1. The maximum Gasteiger partial charge on any atom is 0.247 e. The first kappa shape index (κ1) is 22.1. The Hall–Kier alpha value is -2.61. The van der Waals surface area contributed by atoms with Crippen molar-refractivity contribution in [3.8, 4) is 5.75 Å². The van der Waals surface area contributed by atoms with Crippen molar-refractivity contribution in [3.05, 3.63) is 64.7 Å². The third-order valence-electron chi connectivity index (χ3n) is 5.26. The number of hydrogen-bond donors (Lipinski definition) is 2. The van der Waals surface area contributed by atoms with Crippen LogP contribution in [0.5, 0.6) is 5.75 Å². The third kappa shape index (κ3) is 4.75. The summed E-state index contributed by atoms with van der Waals surface area (Å²) in [5.41, 5.74) is 1.64. The predicted octanol–water partition coefficient (Wildman–Crippen LogP) is 2.35. The van der Waals surface area contributed by atoms with Crippen LogP contribution in [0.4, 0.5) is 0 Å². The second kappa shape index (κ2) is 9.47. The van der Waals surface area contributed by atoms with Crippen molar-refractivity contribution in [2.45, 2.75) is 37.8 Å². The van der Waals surface area contributed by atoms with E-state index in [0.29, 0.717) is 17.2 Å². The normalized spacial score (nSPS) is 18.9. The molecule has 1 heterocycles. The van der Waals surface area contributed by atoms with Gasteiger partial charge in [0.25, 0.3) is 0 Å². The van der Waals surface area contributed by atoms with E-state index in [1.54, 1.807) is 43.3 Å². The molecule has 8 heteroatoms. The van der Waals surface area contributed by atoms with E-state index in [-0.39, 0.29) is 24.7 Å². The van der Waals surface area contributed by atoms with Gasteiger partial charge in [-0.25, -0.2) is 0 Å². The van der Waals surface area contributed by atoms with Gasteiger partial charge < -0.3 is 24.7 Å². The van der Waals surface area contributed by atoms with Crippen molar-refractivity contribution < 1.29 is 24.5 Å². The van der Waals surface area contributed by atoms with Crippen molar-refractivity contribution in [2.24, 2.45) is 0 Å². The van der Waals surface area contributed by atoms with Gasteiger partial charge in [0.05, 0.1) is 7.11 Å². The van der Waals surface area contributed by atoms with E-state index in [2.05, 4.69) is 0 Å². The Morgan fingerprint density at radius 1 is 1.13 bits per heavy atom. The molecule has 3 rings (SSSR count). The number of hydrogen-bond acceptors (Lipinski definition) is 5. The Bertz CT molecular complexity index is 885. The number of carbonyl (C=O) groups excluding carboxylic acids is 2. The molecule has 1 fully saturated rings. The summed E-state index contributed by atoms with van der Waals surface area (Å²) in [6.45, 7) is 0. The van der Waals surface area contributed by atoms with E-state index in [4.69, 9.17) is 16.3 Å². The lowest BCUT2D eigenvalue weighted by molar-refractivity contribution is -0.138. The van der Waals surface area contributed by atoms with Gasteiger partial charge in [0.15, 0.2) is 6.29 Å². The van der Waals surface area contributed by atoms with E-state index >= 15 is 0 Å². The van der Waals surface area contributed by atoms with Crippen molar-refractivity contribution >= 4 is 23.4 Å². The summed E-state index contributed by atoms with van der Waals surface area (Å²) < 4.78 is 5.18. The fourth-order valence-corrected chi connectivity index (χ4v) is 3.84. The first-order valence-corrected chi connectivity index (χ1v) is 10.0. The minimum absolute atomic E-state index is 0.0814. The summed E-state index contributed by atoms with van der Waals surface area (Å²) >= 11 is 6.00. The molecule has 2 unspecified atom stereocenters. The highest BCUT2D eigenvalue weighted by Gasteiger charge is 2.47. The largest absolute Gasteiger partial charge is 0.497 e. The third-order valence-corrected chi connectivity index (χ3v) is 5.51. The Morgan fingerprint density at radius 3 is 2.33 bits per heavy atom. The standard InChI is InChI=1S/C22H25ClN2O5/c1-24-21(15-5-7-16(23)8-6-15)25(19(26)11-12-20(27)28)18(22(24)29)13-14-3-9-17(30-2)10-4-14/h3-10,18,20-21,27-28H,11-13H2,1-2H3. The zero-order chi connectivity index (χ0) is 21.8. The number of nitrogens with zero attached hydrogens (tertiary/aromatic N) is 2. The van der Waals surface area contributed by atoms with Crippen LogP contribution in [0, 0.1) is 0 Å². The Kier molecular flexibility index (Phi) is 6.97. The lowest BCUT2D eigenvalue weighted by Gasteiger charge is -2.30. The molecule has 0 spiro atoms. The van der Waals surface area contributed by atoms with Crippen LogP contribution in [0.3, 0.4) is 0 Å². The average Bonchev–Trinajstić information content (AvgIpc) is 2.98. The van der Waals surface area contributed by atoms with Gasteiger partial charge in [0, 0.05) is 31.3 Å². The second-order valence-corrected chi connectivity index (χ2v) is 7.70. The topological polar surface area (TPSA) is 90.3 Å². The number of benzene rings is 2. The molecule has 1 saturated heterocycles. The van der Waals surface area contributed by atoms with Crippen LogP contribution < -0.4 is 4.74 Å². The van der Waals surface area contributed by atoms with Crippen LogP contribution in [-0.2, 0) is 16.0 Å². The van der Waals surface area contributed by atoms with Crippen molar-refractivity contribution in [2.75, 3.05) is 14.2 Å². The Balaban J connectivity index is 1.94. The number of methoxy groups -OCH3 is 1. The zero-order valence-corrected chi connectivity index (χ0v) is 17.6. The summed E-state index contributed by atoms with van der Waals surface area (Å²) in [4.78, 5) is 29.3. The lowest BCUT2D eigenvalue weighted by atomic mass is 10.0. The summed E-state index contributed by atoms with van der Waals surface area (Å²) in [5, 5.41) is 18.9. The molecule has 2 amide bonds. The molecule has 160 valence electrons. The number of carbonyl (C=O) groups is 2. The summed E-state index contributed by atoms with van der Waals surface area (Å²) in [5.74, 6) is 0.209. The molecule has 7 nitrogen and oxygen atoms in total. The fraction of sp³-hybridized carbons (Fsp3) is 0.364. The van der Waals surface area contributed by atoms with E-state index in [0.717, 1.165) is 11.1 Å². The number of amides is 2. The lowest BCUT2D eigenvalue weighted by Crippen LogP contribution is -2.41. The van der Waals surface area contributed by atoms with Crippen LogP contribution in [0.2, 0.25) is 5.02 Å². The van der Waals surface area contributed by atoms with Gasteiger partial charge in [-0.3, -0.25) is 9.59 Å². The van der Waals surface area contributed by atoms with Gasteiger partial charge in [-0.15, -0.1) is 0 Å². The zero-order valence-electron chi connectivity index (χ0n) is 16.9. The molecule has 0 aromatic heterocycles. The molecule has 0 saturated carbocycles. The first-order valence-electron chi connectivity index (χ1n) is 9.64. The maximum atomic E-state index is 13.1. The molecule has 2 atom stereocenters. The van der Waals surface area contributed by atoms with E-state index < -0.39 is 18.5 Å². The van der Waals surface area contributed by atoms with Crippen molar-refractivity contribution in [3.63, 3.8) is 0 Å². The second-order valence-electron chi connectivity index (χ2n) is 7.26. The molecule has 2 N–H and O–H groups in total. The summed E-state index contributed by atoms with van der Waals surface area (Å²) in [6.07, 6.45) is -2.02. The highest BCUT2D eigenvalue weighted by atomic mass is 35.5. The molecular weight excluding hydrogens is 408 g/mol. The van der Waals surface area contributed by atoms with Gasteiger partial charge in [0.2, 0.25) is 11.8 Å². The first-order chi connectivity index (χ1) is 14.3. The van der Waals surface area contributed by atoms with Gasteiger partial charge in [0.1, 0.15) is 18.0 Å². The average molecular weight is 433 g/mol. The fourth-order valence-electron chi connectivity index (χ4n) is 3.71. The molecule has 2 aromatic carbocycles. The quantitative estimate of drug-likeness (QED) is 0.655. The Morgan fingerprint density at radius 2 is 1.77 bits per heavy atom. The Labute approximate surface area is 180 Å². The number of rotatable bonds is 7.